The second kappa shape index (κ2) is 7.34. The number of nitrogens with one attached hydrogen (secondary N) is 2. The normalized spacial score (nSPS) is 13.0. The molecular weight excluding hydrogens is 358 g/mol. The molecule has 3 aromatic rings. The molecule has 2 aromatic carbocycles. The van der Waals surface area contributed by atoms with E-state index in [1.165, 1.54) is 0 Å². The van der Waals surface area contributed by atoms with Crippen molar-refractivity contribution in [3.8, 4) is 11.5 Å². The number of H-pyrrole nitrogens is 1. The number of amides is 1. The van der Waals surface area contributed by atoms with Crippen LogP contribution in [0, 0.1) is 0 Å². The fraction of sp³-hybridized carbons (Fsp3) is 0.286. The number of aromatic amines is 1. The van der Waals surface area contributed by atoms with Gasteiger partial charge in [0.05, 0.1) is 17.3 Å². The summed E-state index contributed by atoms with van der Waals surface area (Å²) >= 11 is 0. The maximum atomic E-state index is 12.4. The molecule has 1 aliphatic heterocycles. The molecule has 0 saturated carbocycles. The SMILES string of the molecule is CC(C)c1ccc2nc(CC(=O)Nc3ccc4c(c3)OCCO4)[nH]c(=O)c2c1. The van der Waals surface area contributed by atoms with Gasteiger partial charge in [-0.1, -0.05) is 19.9 Å². The van der Waals surface area contributed by atoms with Crippen LogP contribution in [0.15, 0.2) is 41.2 Å². The molecule has 1 amide bonds. The van der Waals surface area contributed by atoms with Gasteiger partial charge in [0.2, 0.25) is 5.91 Å². The number of nitrogens with zero attached hydrogens (tertiary/aromatic N) is 1. The molecule has 0 saturated heterocycles. The second-order valence-electron chi connectivity index (χ2n) is 7.03. The Morgan fingerprint density at radius 3 is 2.71 bits per heavy atom. The van der Waals surface area contributed by atoms with E-state index in [-0.39, 0.29) is 17.9 Å². The third-order valence-electron chi connectivity index (χ3n) is 4.60. The van der Waals surface area contributed by atoms with Crippen molar-refractivity contribution in [3.05, 3.63) is 58.1 Å². The van der Waals surface area contributed by atoms with E-state index in [0.717, 1.165) is 5.56 Å². The molecule has 7 heteroatoms. The minimum Gasteiger partial charge on any atom is -0.486 e. The van der Waals surface area contributed by atoms with Crippen LogP contribution in [0.4, 0.5) is 5.69 Å². The third kappa shape index (κ3) is 3.69. The number of carbonyl (C=O) groups excluding carboxylic acids is 1. The molecule has 144 valence electrons. The molecule has 1 aromatic heterocycles. The van der Waals surface area contributed by atoms with Crippen LogP contribution >= 0.6 is 0 Å². The summed E-state index contributed by atoms with van der Waals surface area (Å²) in [6, 6.07) is 10.9. The standard InChI is InChI=1S/C21H21N3O4/c1-12(2)13-3-5-16-15(9-13)21(26)24-19(23-16)11-20(25)22-14-4-6-17-18(10-14)28-8-7-27-17/h3-6,9-10,12H,7-8,11H2,1-2H3,(H,22,25)(H,23,24,26). The average molecular weight is 379 g/mol. The highest BCUT2D eigenvalue weighted by Gasteiger charge is 2.14. The fourth-order valence-corrected chi connectivity index (χ4v) is 3.13. The quantitative estimate of drug-likeness (QED) is 0.727. The summed E-state index contributed by atoms with van der Waals surface area (Å²) in [6.45, 7) is 5.13. The Bertz CT molecular complexity index is 1100. The third-order valence-corrected chi connectivity index (χ3v) is 4.60. The average Bonchev–Trinajstić information content (AvgIpc) is 2.67. The molecule has 4 rings (SSSR count). The van der Waals surface area contributed by atoms with Gasteiger partial charge in [-0.25, -0.2) is 4.98 Å². The van der Waals surface area contributed by atoms with Gasteiger partial charge in [-0.15, -0.1) is 0 Å². The first-order chi connectivity index (χ1) is 13.5. The molecule has 0 radical (unpaired) electrons. The van der Waals surface area contributed by atoms with E-state index in [1.807, 2.05) is 18.2 Å². The van der Waals surface area contributed by atoms with Crippen molar-refractivity contribution in [2.45, 2.75) is 26.2 Å². The Hall–Kier alpha value is -3.35. The number of carbonyl (C=O) groups is 1. The van der Waals surface area contributed by atoms with Crippen LogP contribution < -0.4 is 20.3 Å². The number of hydrogen-bond acceptors (Lipinski definition) is 5. The lowest BCUT2D eigenvalue weighted by atomic mass is 10.0. The van der Waals surface area contributed by atoms with E-state index < -0.39 is 0 Å². The second-order valence-corrected chi connectivity index (χ2v) is 7.03. The summed E-state index contributed by atoms with van der Waals surface area (Å²) in [7, 11) is 0. The van der Waals surface area contributed by atoms with E-state index in [1.54, 1.807) is 18.2 Å². The van der Waals surface area contributed by atoms with Crippen LogP contribution in [0.3, 0.4) is 0 Å². The van der Waals surface area contributed by atoms with Crippen LogP contribution in [0.25, 0.3) is 10.9 Å². The highest BCUT2D eigenvalue weighted by atomic mass is 16.6. The minimum absolute atomic E-state index is 0.0362. The first-order valence-electron chi connectivity index (χ1n) is 9.22. The monoisotopic (exact) mass is 379 g/mol. The molecule has 1 aliphatic rings. The van der Waals surface area contributed by atoms with Crippen LogP contribution in [0.5, 0.6) is 11.5 Å². The lowest BCUT2D eigenvalue weighted by Gasteiger charge is -2.19. The number of hydrogen-bond donors (Lipinski definition) is 2. The number of anilines is 1. The minimum atomic E-state index is -0.280. The first kappa shape index (κ1) is 18.0. The number of aromatic nitrogens is 2. The van der Waals surface area contributed by atoms with Crippen LogP contribution in [0.2, 0.25) is 0 Å². The van der Waals surface area contributed by atoms with Gasteiger partial charge in [0.1, 0.15) is 19.0 Å². The highest BCUT2D eigenvalue weighted by molar-refractivity contribution is 5.92. The molecule has 0 atom stereocenters. The Morgan fingerprint density at radius 1 is 1.14 bits per heavy atom. The Labute approximate surface area is 161 Å². The van der Waals surface area contributed by atoms with Gasteiger partial charge in [0, 0.05) is 11.8 Å². The summed E-state index contributed by atoms with van der Waals surface area (Å²) in [5.74, 6) is 1.62. The molecule has 0 aliphatic carbocycles. The maximum absolute atomic E-state index is 12.4. The smallest absolute Gasteiger partial charge is 0.258 e. The van der Waals surface area contributed by atoms with Crippen molar-refractivity contribution in [1.82, 2.24) is 9.97 Å². The Kier molecular flexibility index (Phi) is 4.73. The summed E-state index contributed by atoms with van der Waals surface area (Å²) in [4.78, 5) is 32.0. The molecular formula is C21H21N3O4. The van der Waals surface area contributed by atoms with E-state index in [2.05, 4.69) is 29.1 Å². The van der Waals surface area contributed by atoms with Gasteiger partial charge in [-0.2, -0.15) is 0 Å². The number of fused-ring (bicyclic) bond motifs is 2. The number of benzene rings is 2. The van der Waals surface area contributed by atoms with Gasteiger partial charge in [0.15, 0.2) is 11.5 Å². The lowest BCUT2D eigenvalue weighted by molar-refractivity contribution is -0.115. The van der Waals surface area contributed by atoms with E-state index in [0.29, 0.717) is 53.0 Å². The van der Waals surface area contributed by atoms with Crippen molar-refractivity contribution in [2.24, 2.45) is 0 Å². The van der Waals surface area contributed by atoms with Crippen LogP contribution in [-0.2, 0) is 11.2 Å². The topological polar surface area (TPSA) is 93.3 Å². The molecule has 0 spiro atoms. The first-order valence-corrected chi connectivity index (χ1v) is 9.22. The predicted octanol–water partition coefficient (Wildman–Crippen LogP) is 3.00. The van der Waals surface area contributed by atoms with Crippen LogP contribution in [-0.4, -0.2) is 29.1 Å². The number of rotatable bonds is 4. The van der Waals surface area contributed by atoms with Crippen molar-refractivity contribution >= 4 is 22.5 Å². The zero-order valence-electron chi connectivity index (χ0n) is 15.7. The molecule has 28 heavy (non-hydrogen) atoms. The fourth-order valence-electron chi connectivity index (χ4n) is 3.13. The summed E-state index contributed by atoms with van der Waals surface area (Å²) in [5.41, 5.74) is 2.01. The van der Waals surface area contributed by atoms with Gasteiger partial charge in [0.25, 0.3) is 5.56 Å². The summed E-state index contributed by atoms with van der Waals surface area (Å²) in [5, 5.41) is 3.33. The van der Waals surface area contributed by atoms with Gasteiger partial charge >= 0.3 is 0 Å². The molecule has 0 unspecified atom stereocenters. The molecule has 2 N–H and O–H groups in total. The molecule has 0 bridgehead atoms. The largest absolute Gasteiger partial charge is 0.486 e. The zero-order chi connectivity index (χ0) is 19.7. The van der Waals surface area contributed by atoms with Gasteiger partial charge < -0.3 is 19.8 Å². The van der Waals surface area contributed by atoms with Crippen molar-refractivity contribution in [3.63, 3.8) is 0 Å². The van der Waals surface area contributed by atoms with E-state index in [4.69, 9.17) is 9.47 Å². The summed E-state index contributed by atoms with van der Waals surface area (Å²) in [6.07, 6.45) is -0.0362. The van der Waals surface area contributed by atoms with Crippen LogP contribution in [0.1, 0.15) is 31.2 Å². The highest BCUT2D eigenvalue weighted by Crippen LogP contribution is 2.32. The maximum Gasteiger partial charge on any atom is 0.258 e. The number of ether oxygens (including phenoxy) is 2. The summed E-state index contributed by atoms with van der Waals surface area (Å²) < 4.78 is 11.0. The van der Waals surface area contributed by atoms with E-state index in [9.17, 15) is 9.59 Å². The van der Waals surface area contributed by atoms with Crippen molar-refractivity contribution in [1.29, 1.82) is 0 Å². The van der Waals surface area contributed by atoms with Gasteiger partial charge in [-0.05, 0) is 35.7 Å². The predicted molar refractivity (Wildman–Crippen MR) is 106 cm³/mol. The Balaban J connectivity index is 1.52. The lowest BCUT2D eigenvalue weighted by Crippen LogP contribution is -2.20. The Morgan fingerprint density at radius 2 is 1.93 bits per heavy atom. The zero-order valence-corrected chi connectivity index (χ0v) is 15.7. The van der Waals surface area contributed by atoms with Crippen molar-refractivity contribution in [2.75, 3.05) is 18.5 Å². The van der Waals surface area contributed by atoms with Gasteiger partial charge in [-0.3, -0.25) is 9.59 Å². The van der Waals surface area contributed by atoms with Crippen molar-refractivity contribution < 1.29 is 14.3 Å². The molecule has 0 fully saturated rings. The molecule has 7 nitrogen and oxygen atoms in total. The van der Waals surface area contributed by atoms with E-state index >= 15 is 0 Å². The molecule has 2 heterocycles.